The highest BCUT2D eigenvalue weighted by molar-refractivity contribution is 7.98. The zero-order valence-corrected chi connectivity index (χ0v) is 29.0. The summed E-state index contributed by atoms with van der Waals surface area (Å²) in [5, 5.41) is 2.88. The molecule has 2 N–H and O–H groups in total. The number of aromatic nitrogens is 2. The first-order chi connectivity index (χ1) is 21.8. The molecule has 0 radical (unpaired) electrons. The third kappa shape index (κ3) is 7.42. The number of halogens is 4. The molecular formula is C31H31Cl3FN5O4S2. The predicted molar refractivity (Wildman–Crippen MR) is 179 cm³/mol. The Bertz CT molecular complexity index is 1880. The van der Waals surface area contributed by atoms with Gasteiger partial charge >= 0.3 is 6.03 Å². The number of sulfonamides is 1. The number of ether oxygens (including phenoxy) is 1. The molecule has 15 heteroatoms. The molecule has 0 saturated carbocycles. The number of rotatable bonds is 10. The highest BCUT2D eigenvalue weighted by Crippen LogP contribution is 2.40. The monoisotopic (exact) mass is 725 g/mol. The lowest BCUT2D eigenvalue weighted by Gasteiger charge is -2.28. The van der Waals surface area contributed by atoms with Crippen molar-refractivity contribution in [3.05, 3.63) is 98.5 Å². The number of hydrogen-bond acceptors (Lipinski definition) is 7. The molecule has 4 aromatic rings. The molecular weight excluding hydrogens is 696 g/mol. The van der Waals surface area contributed by atoms with Crippen LogP contribution in [0.2, 0.25) is 15.1 Å². The standard InChI is InChI=1S/C31H31Cl3FN5O4S2/c1-31(2,20-7-10-23(32)27(14-20)44-3)28-17-36-30(40(28)21-8-11-26(35)25(34)15-21)45-18-19-6-9-22(16-24(19)33)46(42,43)38-29(41)37-39-12-4-5-13-39/h6-11,14-17H,4-5,12-13,18H2,1-3H3,(H2,37,38,41). The van der Waals surface area contributed by atoms with Crippen LogP contribution >= 0.6 is 46.6 Å². The van der Waals surface area contributed by atoms with Crippen LogP contribution in [0.25, 0.3) is 5.69 Å². The van der Waals surface area contributed by atoms with Gasteiger partial charge in [-0.3, -0.25) is 9.99 Å². The number of nitrogens with zero attached hydrogens (tertiary/aromatic N) is 3. The second-order valence-corrected chi connectivity index (χ2v) is 15.0. The van der Waals surface area contributed by atoms with Crippen LogP contribution in [0, 0.1) is 5.82 Å². The average Bonchev–Trinajstić information content (AvgIpc) is 3.68. The molecule has 0 bridgehead atoms. The number of amides is 2. The van der Waals surface area contributed by atoms with E-state index in [1.165, 1.54) is 36.0 Å². The van der Waals surface area contributed by atoms with Crippen molar-refractivity contribution < 1.29 is 22.3 Å². The van der Waals surface area contributed by atoms with Crippen molar-refractivity contribution in [3.8, 4) is 11.4 Å². The number of carbonyl (C=O) groups excluding carboxylic acids is 1. The van der Waals surface area contributed by atoms with E-state index >= 15 is 0 Å². The van der Waals surface area contributed by atoms with Gasteiger partial charge in [0.2, 0.25) is 0 Å². The highest BCUT2D eigenvalue weighted by atomic mass is 35.5. The molecule has 9 nitrogen and oxygen atoms in total. The van der Waals surface area contributed by atoms with Crippen molar-refractivity contribution in [1.29, 1.82) is 0 Å². The van der Waals surface area contributed by atoms with Gasteiger partial charge < -0.3 is 4.74 Å². The Morgan fingerprint density at radius 2 is 1.76 bits per heavy atom. The van der Waals surface area contributed by atoms with Gasteiger partial charge in [-0.15, -0.1) is 0 Å². The molecule has 0 spiro atoms. The molecule has 46 heavy (non-hydrogen) atoms. The molecule has 1 saturated heterocycles. The van der Waals surface area contributed by atoms with E-state index < -0.39 is 27.3 Å². The maximum absolute atomic E-state index is 14.2. The van der Waals surface area contributed by atoms with E-state index in [0.29, 0.717) is 46.0 Å². The number of methoxy groups -OCH3 is 1. The number of nitrogens with one attached hydrogen (secondary N) is 2. The molecule has 0 unspecified atom stereocenters. The minimum Gasteiger partial charge on any atom is -0.495 e. The first-order valence-electron chi connectivity index (χ1n) is 14.2. The summed E-state index contributed by atoms with van der Waals surface area (Å²) in [6.45, 7) is 5.37. The average molecular weight is 727 g/mol. The SMILES string of the molecule is COc1cc(C(C)(C)c2cnc(SCc3ccc(S(=O)(=O)NC(=O)NN4CCCC4)cc3Cl)n2-c2ccc(F)c(Cl)c2)ccc1Cl. The van der Waals surface area contributed by atoms with Crippen LogP contribution in [0.5, 0.6) is 5.75 Å². The van der Waals surface area contributed by atoms with Gasteiger partial charge in [0, 0.05) is 35.0 Å². The zero-order valence-electron chi connectivity index (χ0n) is 25.1. The van der Waals surface area contributed by atoms with E-state index in [2.05, 4.69) is 5.43 Å². The summed E-state index contributed by atoms with van der Waals surface area (Å²) in [6, 6.07) is 13.4. The smallest absolute Gasteiger partial charge is 0.343 e. The minimum absolute atomic E-state index is 0.0402. The lowest BCUT2D eigenvalue weighted by molar-refractivity contribution is 0.202. The Balaban J connectivity index is 1.42. The first kappa shape index (κ1) is 34.3. The Labute approximate surface area is 286 Å². The van der Waals surface area contributed by atoms with Gasteiger partial charge in [0.05, 0.1) is 33.9 Å². The molecule has 244 valence electrons. The van der Waals surface area contributed by atoms with Crippen LogP contribution in [0.1, 0.15) is 43.5 Å². The van der Waals surface area contributed by atoms with Crippen LogP contribution in [0.15, 0.2) is 70.8 Å². The fourth-order valence-electron chi connectivity index (χ4n) is 5.08. The summed E-state index contributed by atoms with van der Waals surface area (Å²) < 4.78 is 49.3. The normalized spacial score (nSPS) is 14.0. The fraction of sp³-hybridized carbons (Fsp3) is 0.290. The van der Waals surface area contributed by atoms with E-state index in [9.17, 15) is 17.6 Å². The summed E-state index contributed by atoms with van der Waals surface area (Å²) in [7, 11) is -2.61. The summed E-state index contributed by atoms with van der Waals surface area (Å²) in [5.41, 5.74) is 4.85. The molecule has 0 atom stereocenters. The maximum Gasteiger partial charge on any atom is 0.343 e. The van der Waals surface area contributed by atoms with Crippen LogP contribution in [-0.4, -0.2) is 49.2 Å². The van der Waals surface area contributed by atoms with Crippen LogP contribution in [0.4, 0.5) is 9.18 Å². The lowest BCUT2D eigenvalue weighted by atomic mass is 9.81. The molecule has 1 aliphatic heterocycles. The molecule has 1 aliphatic rings. The lowest BCUT2D eigenvalue weighted by Crippen LogP contribution is -2.47. The molecule has 5 rings (SSSR count). The third-order valence-electron chi connectivity index (χ3n) is 7.69. The van der Waals surface area contributed by atoms with Crippen LogP contribution in [0.3, 0.4) is 0 Å². The van der Waals surface area contributed by atoms with Gasteiger partial charge in [0.25, 0.3) is 10.0 Å². The second-order valence-electron chi connectivity index (χ2n) is 11.1. The molecule has 3 aromatic carbocycles. The number of urea groups is 1. The van der Waals surface area contributed by atoms with E-state index in [4.69, 9.17) is 44.5 Å². The topological polar surface area (TPSA) is 106 Å². The summed E-state index contributed by atoms with van der Waals surface area (Å²) >= 11 is 20.4. The number of thioether (sulfide) groups is 1. The fourth-order valence-corrected chi connectivity index (χ4v) is 7.76. The van der Waals surface area contributed by atoms with Crippen LogP contribution < -0.4 is 14.9 Å². The van der Waals surface area contributed by atoms with E-state index in [-0.39, 0.29) is 14.9 Å². The quantitative estimate of drug-likeness (QED) is 0.162. The van der Waals surface area contributed by atoms with E-state index in [0.717, 1.165) is 24.1 Å². The third-order valence-corrected chi connectivity index (χ3v) is 11.0. The number of hydrogen-bond donors (Lipinski definition) is 2. The maximum atomic E-state index is 14.2. The van der Waals surface area contributed by atoms with Gasteiger partial charge in [-0.05, 0) is 66.4 Å². The summed E-state index contributed by atoms with van der Waals surface area (Å²) in [4.78, 5) is 16.8. The number of imidazole rings is 1. The summed E-state index contributed by atoms with van der Waals surface area (Å²) in [6.07, 6.45) is 3.60. The van der Waals surface area contributed by atoms with Gasteiger partial charge in [-0.25, -0.2) is 32.3 Å². The zero-order chi connectivity index (χ0) is 33.2. The highest BCUT2D eigenvalue weighted by Gasteiger charge is 2.31. The van der Waals surface area contributed by atoms with Crippen molar-refractivity contribution >= 4 is 62.6 Å². The van der Waals surface area contributed by atoms with Crippen molar-refractivity contribution in [2.75, 3.05) is 20.2 Å². The van der Waals surface area contributed by atoms with E-state index in [1.807, 2.05) is 35.3 Å². The van der Waals surface area contributed by atoms with Gasteiger partial charge in [-0.2, -0.15) is 0 Å². The minimum atomic E-state index is -4.16. The second kappa shape index (κ2) is 14.0. The van der Waals surface area contributed by atoms with Crippen molar-refractivity contribution in [3.63, 3.8) is 0 Å². The molecule has 1 fully saturated rings. The number of carbonyl (C=O) groups is 1. The Hall–Kier alpha value is -3.00. The Morgan fingerprint density at radius 3 is 2.43 bits per heavy atom. The van der Waals surface area contributed by atoms with Gasteiger partial charge in [0.1, 0.15) is 11.6 Å². The number of hydrazine groups is 1. The van der Waals surface area contributed by atoms with Crippen molar-refractivity contribution in [1.82, 2.24) is 24.7 Å². The Morgan fingerprint density at radius 1 is 1.02 bits per heavy atom. The first-order valence-corrected chi connectivity index (χ1v) is 17.8. The molecule has 0 aliphatic carbocycles. The van der Waals surface area contributed by atoms with E-state index in [1.54, 1.807) is 36.5 Å². The molecule has 2 heterocycles. The Kier molecular flexibility index (Phi) is 10.5. The molecule has 2 amide bonds. The van der Waals surface area contributed by atoms with Crippen molar-refractivity contribution in [2.24, 2.45) is 0 Å². The van der Waals surface area contributed by atoms with Gasteiger partial charge in [0.15, 0.2) is 5.16 Å². The molecule has 1 aromatic heterocycles. The largest absolute Gasteiger partial charge is 0.495 e. The van der Waals surface area contributed by atoms with Crippen LogP contribution in [-0.2, 0) is 21.2 Å². The summed E-state index contributed by atoms with van der Waals surface area (Å²) in [5.74, 6) is 0.302. The van der Waals surface area contributed by atoms with Gasteiger partial charge in [-0.1, -0.05) is 72.5 Å². The number of benzene rings is 3. The van der Waals surface area contributed by atoms with Crippen molar-refractivity contribution in [2.45, 2.75) is 47.9 Å². The predicted octanol–water partition coefficient (Wildman–Crippen LogP) is 7.60.